The molecule has 14 heteroatoms. The van der Waals surface area contributed by atoms with Gasteiger partial charge in [0.05, 0.1) is 0 Å². The van der Waals surface area contributed by atoms with E-state index < -0.39 is 22.1 Å². The molecular weight excluding hydrogens is 550 g/mol. The Morgan fingerprint density at radius 3 is 2.40 bits per heavy atom. The molecule has 0 bridgehead atoms. The zero-order valence-electron chi connectivity index (χ0n) is 15.8. The summed E-state index contributed by atoms with van der Waals surface area (Å²) in [5, 5.41) is 5.91. The van der Waals surface area contributed by atoms with Gasteiger partial charge in [0.1, 0.15) is 5.75 Å². The monoisotopic (exact) mass is 572 g/mol. The molecule has 0 amide bonds. The molecule has 0 aliphatic carbocycles. The number of piperidine rings is 1. The lowest BCUT2D eigenvalue weighted by atomic mass is 10.1. The number of hydrogen-bond acceptors (Lipinski definition) is 4. The molecule has 0 aromatic heterocycles. The van der Waals surface area contributed by atoms with Gasteiger partial charge in [0.15, 0.2) is 5.96 Å². The van der Waals surface area contributed by atoms with Crippen LogP contribution in [-0.4, -0.2) is 57.0 Å². The van der Waals surface area contributed by atoms with Crippen LogP contribution in [0.2, 0.25) is 0 Å². The standard InChI is InChI=1S/C16H21F5N4O3S.HI/c1-22-15(23-10-11-4-2-3-5-13(11)28-14(17)18)24-12-6-8-25(9-7-12)29(26,27)16(19,20)21;/h2-5,12,14H,6-10H2,1H3,(H2,22,23,24);1H. The molecule has 0 radical (unpaired) electrons. The number of nitrogens with one attached hydrogen (secondary N) is 2. The molecular formula is C16H22F5IN4O3S. The number of halogens is 6. The van der Waals surface area contributed by atoms with Gasteiger partial charge in [-0.2, -0.15) is 26.3 Å². The molecule has 1 heterocycles. The average Bonchev–Trinajstić information content (AvgIpc) is 2.65. The minimum atomic E-state index is -5.33. The molecule has 172 valence electrons. The minimum Gasteiger partial charge on any atom is -0.434 e. The molecule has 2 N–H and O–H groups in total. The molecule has 1 aliphatic heterocycles. The van der Waals surface area contributed by atoms with Crippen LogP contribution in [0.1, 0.15) is 18.4 Å². The number of nitrogens with zero attached hydrogens (tertiary/aromatic N) is 2. The van der Waals surface area contributed by atoms with Gasteiger partial charge in [-0.3, -0.25) is 4.99 Å². The van der Waals surface area contributed by atoms with E-state index in [-0.39, 0.29) is 68.2 Å². The molecule has 1 aliphatic rings. The Labute approximate surface area is 188 Å². The molecule has 7 nitrogen and oxygen atoms in total. The summed E-state index contributed by atoms with van der Waals surface area (Å²) in [5.41, 5.74) is -4.86. The van der Waals surface area contributed by atoms with E-state index in [4.69, 9.17) is 0 Å². The summed E-state index contributed by atoms with van der Waals surface area (Å²) < 4.78 is 90.5. The largest absolute Gasteiger partial charge is 0.511 e. The van der Waals surface area contributed by atoms with Crippen LogP contribution in [0, 0.1) is 0 Å². The molecule has 30 heavy (non-hydrogen) atoms. The Hall–Kier alpha value is -1.42. The van der Waals surface area contributed by atoms with Gasteiger partial charge in [-0.1, -0.05) is 18.2 Å². The highest BCUT2D eigenvalue weighted by Gasteiger charge is 2.50. The van der Waals surface area contributed by atoms with E-state index in [1.807, 2.05) is 0 Å². The van der Waals surface area contributed by atoms with Crippen LogP contribution in [0.5, 0.6) is 5.75 Å². The summed E-state index contributed by atoms with van der Waals surface area (Å²) in [6.07, 6.45) is 0.308. The van der Waals surface area contributed by atoms with E-state index >= 15 is 0 Å². The first-order valence-electron chi connectivity index (χ1n) is 8.61. The molecule has 0 unspecified atom stereocenters. The molecule has 1 saturated heterocycles. The first-order chi connectivity index (χ1) is 13.5. The SMILES string of the molecule is CN=C(NCc1ccccc1OC(F)F)NC1CCN(S(=O)(=O)C(F)(F)F)CC1.I. The first kappa shape index (κ1) is 26.6. The van der Waals surface area contributed by atoms with E-state index in [9.17, 15) is 30.4 Å². The van der Waals surface area contributed by atoms with E-state index in [2.05, 4.69) is 20.4 Å². The van der Waals surface area contributed by atoms with E-state index in [1.54, 1.807) is 18.2 Å². The lowest BCUT2D eigenvalue weighted by molar-refractivity contribution is -0.0507. The Morgan fingerprint density at radius 2 is 1.87 bits per heavy atom. The van der Waals surface area contributed by atoms with Crippen LogP contribution < -0.4 is 15.4 Å². The number of para-hydroxylation sites is 1. The molecule has 1 aromatic carbocycles. The smallest absolute Gasteiger partial charge is 0.434 e. The Kier molecular flexibility index (Phi) is 10.00. The summed E-state index contributed by atoms with van der Waals surface area (Å²) in [7, 11) is -3.86. The molecule has 1 fully saturated rings. The maximum Gasteiger partial charge on any atom is 0.511 e. The van der Waals surface area contributed by atoms with Crippen molar-refractivity contribution >= 4 is 40.0 Å². The summed E-state index contributed by atoms with van der Waals surface area (Å²) in [6, 6.07) is 5.90. The number of ether oxygens (including phenoxy) is 1. The van der Waals surface area contributed by atoms with Gasteiger partial charge in [0.2, 0.25) is 0 Å². The van der Waals surface area contributed by atoms with Crippen LogP contribution in [0.15, 0.2) is 29.3 Å². The highest BCUT2D eigenvalue weighted by atomic mass is 127. The van der Waals surface area contributed by atoms with Gasteiger partial charge in [0, 0.05) is 38.3 Å². The summed E-state index contributed by atoms with van der Waals surface area (Å²) in [4.78, 5) is 3.99. The van der Waals surface area contributed by atoms with Crippen molar-refractivity contribution in [2.24, 2.45) is 4.99 Å². The topological polar surface area (TPSA) is 83.0 Å². The van der Waals surface area contributed by atoms with Gasteiger partial charge in [-0.25, -0.2) is 8.42 Å². The predicted octanol–water partition coefficient (Wildman–Crippen LogP) is 2.89. The number of benzene rings is 1. The first-order valence-corrected chi connectivity index (χ1v) is 10.0. The number of alkyl halides is 5. The van der Waals surface area contributed by atoms with Crippen LogP contribution in [0.3, 0.4) is 0 Å². The average molecular weight is 572 g/mol. The third-order valence-electron chi connectivity index (χ3n) is 4.29. The number of sulfonamides is 1. The van der Waals surface area contributed by atoms with Crippen molar-refractivity contribution in [3.05, 3.63) is 29.8 Å². The maximum absolute atomic E-state index is 12.6. The quantitative estimate of drug-likeness (QED) is 0.237. The number of aliphatic imine (C=N–C) groups is 1. The fraction of sp³-hybridized carbons (Fsp3) is 0.562. The normalized spacial score (nSPS) is 16.8. The summed E-state index contributed by atoms with van der Waals surface area (Å²) >= 11 is 0. The molecule has 0 saturated carbocycles. The van der Waals surface area contributed by atoms with E-state index in [0.717, 1.165) is 0 Å². The second-order valence-electron chi connectivity index (χ2n) is 6.18. The van der Waals surface area contributed by atoms with E-state index in [1.165, 1.54) is 13.1 Å². The highest BCUT2D eigenvalue weighted by molar-refractivity contribution is 14.0. The maximum atomic E-state index is 12.6. The van der Waals surface area contributed by atoms with Crippen molar-refractivity contribution in [3.8, 4) is 5.75 Å². The van der Waals surface area contributed by atoms with Crippen molar-refractivity contribution in [1.29, 1.82) is 0 Å². The van der Waals surface area contributed by atoms with Crippen molar-refractivity contribution in [1.82, 2.24) is 14.9 Å². The molecule has 0 spiro atoms. The van der Waals surface area contributed by atoms with Crippen LogP contribution in [0.25, 0.3) is 0 Å². The number of hydrogen-bond donors (Lipinski definition) is 2. The Balaban J connectivity index is 0.00000450. The van der Waals surface area contributed by atoms with Gasteiger partial charge in [0.25, 0.3) is 0 Å². The van der Waals surface area contributed by atoms with Crippen LogP contribution >= 0.6 is 24.0 Å². The lowest BCUT2D eigenvalue weighted by Gasteiger charge is -2.32. The van der Waals surface area contributed by atoms with E-state index in [0.29, 0.717) is 15.8 Å². The predicted molar refractivity (Wildman–Crippen MR) is 111 cm³/mol. The Morgan fingerprint density at radius 1 is 1.27 bits per heavy atom. The molecule has 1 aromatic rings. The van der Waals surface area contributed by atoms with Crippen molar-refractivity contribution < 1.29 is 35.1 Å². The second kappa shape index (κ2) is 11.3. The third kappa shape index (κ3) is 7.08. The molecule has 2 rings (SSSR count). The van der Waals surface area contributed by atoms with Gasteiger partial charge in [-0.15, -0.1) is 24.0 Å². The Bertz CT molecular complexity index is 815. The van der Waals surface area contributed by atoms with Crippen LogP contribution in [-0.2, 0) is 16.6 Å². The van der Waals surface area contributed by atoms with Gasteiger partial charge in [-0.05, 0) is 18.9 Å². The van der Waals surface area contributed by atoms with Crippen molar-refractivity contribution in [2.75, 3.05) is 20.1 Å². The van der Waals surface area contributed by atoms with Crippen LogP contribution in [0.4, 0.5) is 22.0 Å². The number of rotatable bonds is 6. The van der Waals surface area contributed by atoms with Crippen molar-refractivity contribution in [3.63, 3.8) is 0 Å². The molecule has 0 atom stereocenters. The minimum absolute atomic E-state index is 0. The summed E-state index contributed by atoms with van der Waals surface area (Å²) in [5.74, 6) is 0.310. The lowest BCUT2D eigenvalue weighted by Crippen LogP contribution is -2.51. The summed E-state index contributed by atoms with van der Waals surface area (Å²) in [6.45, 7) is -3.40. The third-order valence-corrected chi connectivity index (χ3v) is 5.92. The zero-order chi connectivity index (χ0) is 21.7. The zero-order valence-corrected chi connectivity index (χ0v) is 19.0. The fourth-order valence-corrected chi connectivity index (χ4v) is 3.80. The van der Waals surface area contributed by atoms with Crippen molar-refractivity contribution in [2.45, 2.75) is 37.5 Å². The van der Waals surface area contributed by atoms with Gasteiger partial charge < -0.3 is 15.4 Å². The number of guanidine groups is 1. The highest BCUT2D eigenvalue weighted by Crippen LogP contribution is 2.29. The van der Waals surface area contributed by atoms with Gasteiger partial charge >= 0.3 is 22.1 Å². The second-order valence-corrected chi connectivity index (χ2v) is 8.11. The fourth-order valence-electron chi connectivity index (χ4n) is 2.81.